The Balaban J connectivity index is 1.42. The minimum atomic E-state index is -0.552. The second kappa shape index (κ2) is 7.66. The van der Waals surface area contributed by atoms with E-state index < -0.39 is 5.95 Å². The van der Waals surface area contributed by atoms with Crippen LogP contribution in [0.4, 0.5) is 4.39 Å². The van der Waals surface area contributed by atoms with E-state index in [1.807, 2.05) is 11.8 Å². The van der Waals surface area contributed by atoms with E-state index in [1.165, 1.54) is 49.0 Å². The number of rotatable bonds is 8. The third-order valence-corrected chi connectivity index (χ3v) is 7.69. The second-order valence-corrected chi connectivity index (χ2v) is 10.1. The van der Waals surface area contributed by atoms with Crippen LogP contribution in [0.5, 0.6) is 0 Å². The van der Waals surface area contributed by atoms with Crippen molar-refractivity contribution in [3.8, 4) is 0 Å². The normalized spacial score (nSPS) is 21.2. The number of hydrogen-bond acceptors (Lipinski definition) is 3. The first-order valence-corrected chi connectivity index (χ1v) is 11.6. The number of carbonyl (C=O) groups is 1. The van der Waals surface area contributed by atoms with Crippen LogP contribution >= 0.6 is 11.8 Å². The molecule has 1 aromatic carbocycles. The monoisotopic (exact) mass is 398 g/mol. The molecule has 28 heavy (non-hydrogen) atoms. The summed E-state index contributed by atoms with van der Waals surface area (Å²) in [5, 5.41) is 0.787. The van der Waals surface area contributed by atoms with E-state index in [-0.39, 0.29) is 23.3 Å². The number of Topliss-reactive ketones (excluding diaryl/α,β-unsaturated/α-hetero) is 1. The van der Waals surface area contributed by atoms with Gasteiger partial charge in [0.2, 0.25) is 5.95 Å². The van der Waals surface area contributed by atoms with E-state index in [1.54, 1.807) is 0 Å². The predicted octanol–water partition coefficient (Wildman–Crippen LogP) is 6.11. The smallest absolute Gasteiger partial charge is 0.222 e. The van der Waals surface area contributed by atoms with Crippen LogP contribution in [-0.4, -0.2) is 21.0 Å². The Morgan fingerprint density at radius 2 is 1.82 bits per heavy atom. The van der Waals surface area contributed by atoms with Crippen molar-refractivity contribution in [3.63, 3.8) is 0 Å². The summed E-state index contributed by atoms with van der Waals surface area (Å²) in [6, 6.07) is 8.73. The highest BCUT2D eigenvalue weighted by molar-refractivity contribution is 8.00. The molecule has 5 heteroatoms. The summed E-state index contributed by atoms with van der Waals surface area (Å²) < 4.78 is 14.5. The first kappa shape index (κ1) is 18.4. The molecule has 3 nitrogen and oxygen atoms in total. The van der Waals surface area contributed by atoms with Crippen LogP contribution in [0.25, 0.3) is 0 Å². The topological polar surface area (TPSA) is 45.8 Å². The average Bonchev–Trinajstić information content (AvgIpc) is 3.62. The summed E-state index contributed by atoms with van der Waals surface area (Å²) in [6.45, 7) is 0. The van der Waals surface area contributed by atoms with Crippen molar-refractivity contribution in [2.24, 2.45) is 11.8 Å². The number of imidazole rings is 1. The highest BCUT2D eigenvalue weighted by Gasteiger charge is 2.35. The fourth-order valence-corrected chi connectivity index (χ4v) is 5.43. The fraction of sp³-hybridized carbons (Fsp3) is 0.565. The minimum absolute atomic E-state index is 0.0161. The molecule has 1 heterocycles. The number of benzene rings is 1. The lowest BCUT2D eigenvalue weighted by Gasteiger charge is -2.19. The number of H-pyrrole nitrogens is 1. The molecule has 1 atom stereocenters. The number of thioether (sulfide) groups is 1. The zero-order chi connectivity index (χ0) is 19.1. The van der Waals surface area contributed by atoms with Gasteiger partial charge in [0, 0.05) is 22.0 Å². The Kier molecular flexibility index (Phi) is 5.04. The molecule has 0 amide bonds. The largest absolute Gasteiger partial charge is 0.318 e. The number of nitrogens with one attached hydrogen (secondary N) is 1. The van der Waals surface area contributed by atoms with Crippen molar-refractivity contribution in [2.75, 3.05) is 0 Å². The molecule has 0 aliphatic heterocycles. The number of carbonyl (C=O) groups excluding carboxylic acids is 1. The van der Waals surface area contributed by atoms with Gasteiger partial charge in [0.25, 0.3) is 0 Å². The van der Waals surface area contributed by atoms with Crippen LogP contribution in [0.15, 0.2) is 29.2 Å². The molecule has 1 N–H and O–H groups in total. The number of hydrogen-bond donors (Lipinski definition) is 1. The van der Waals surface area contributed by atoms with Gasteiger partial charge < -0.3 is 4.98 Å². The van der Waals surface area contributed by atoms with Crippen LogP contribution in [-0.2, 0) is 0 Å². The maximum Gasteiger partial charge on any atom is 0.222 e. The zero-order valence-electron chi connectivity index (χ0n) is 16.1. The summed E-state index contributed by atoms with van der Waals surface area (Å²) in [4.78, 5) is 21.0. The van der Waals surface area contributed by atoms with Crippen molar-refractivity contribution < 1.29 is 9.18 Å². The molecule has 0 bridgehead atoms. The lowest BCUT2D eigenvalue weighted by atomic mass is 9.87. The number of aromatic amines is 1. The number of nitrogens with zero attached hydrogens (tertiary/aromatic N) is 1. The third kappa shape index (κ3) is 4.05. The lowest BCUT2D eigenvalue weighted by molar-refractivity contribution is 0.0958. The predicted molar refractivity (Wildman–Crippen MR) is 109 cm³/mol. The van der Waals surface area contributed by atoms with Gasteiger partial charge in [-0.25, -0.2) is 4.98 Å². The van der Waals surface area contributed by atoms with E-state index in [9.17, 15) is 9.18 Å². The zero-order valence-corrected chi connectivity index (χ0v) is 16.9. The first-order chi connectivity index (χ1) is 13.7. The van der Waals surface area contributed by atoms with Crippen molar-refractivity contribution in [2.45, 2.75) is 73.9 Å². The summed E-state index contributed by atoms with van der Waals surface area (Å²) in [5.74, 6) is 0.605. The van der Waals surface area contributed by atoms with Crippen molar-refractivity contribution >= 4 is 17.5 Å². The van der Waals surface area contributed by atoms with Crippen molar-refractivity contribution in [3.05, 3.63) is 47.3 Å². The van der Waals surface area contributed by atoms with Crippen molar-refractivity contribution in [1.82, 2.24) is 9.97 Å². The van der Waals surface area contributed by atoms with Crippen molar-refractivity contribution in [1.29, 1.82) is 0 Å². The van der Waals surface area contributed by atoms with Gasteiger partial charge in [0.05, 0.1) is 0 Å². The summed E-state index contributed by atoms with van der Waals surface area (Å²) in [5.41, 5.74) is 1.20. The average molecular weight is 399 g/mol. The van der Waals surface area contributed by atoms with E-state index >= 15 is 0 Å². The van der Waals surface area contributed by atoms with Crippen LogP contribution in [0, 0.1) is 17.8 Å². The van der Waals surface area contributed by atoms with Gasteiger partial charge in [-0.1, -0.05) is 37.8 Å². The van der Waals surface area contributed by atoms with E-state index in [4.69, 9.17) is 0 Å². The van der Waals surface area contributed by atoms with Gasteiger partial charge >= 0.3 is 0 Å². The molecule has 5 rings (SSSR count). The van der Waals surface area contributed by atoms with Gasteiger partial charge in [-0.2, -0.15) is 4.39 Å². The highest BCUT2D eigenvalue weighted by Crippen LogP contribution is 2.41. The summed E-state index contributed by atoms with van der Waals surface area (Å²) >= 11 is 1.95. The first-order valence-electron chi connectivity index (χ1n) is 10.7. The van der Waals surface area contributed by atoms with Gasteiger partial charge in [-0.15, -0.1) is 11.8 Å². The molecule has 3 fully saturated rings. The Morgan fingerprint density at radius 1 is 1.11 bits per heavy atom. The molecule has 3 saturated carbocycles. The van der Waals surface area contributed by atoms with E-state index in [0.717, 1.165) is 24.5 Å². The fourth-order valence-electron chi connectivity index (χ4n) is 4.38. The van der Waals surface area contributed by atoms with E-state index in [0.29, 0.717) is 11.7 Å². The summed E-state index contributed by atoms with van der Waals surface area (Å²) in [6.07, 6.45) is 10.4. The van der Waals surface area contributed by atoms with Gasteiger partial charge in [-0.05, 0) is 55.7 Å². The Labute approximate surface area is 169 Å². The van der Waals surface area contributed by atoms with Gasteiger partial charge in [-0.3, -0.25) is 4.79 Å². The lowest BCUT2D eigenvalue weighted by Crippen LogP contribution is -2.09. The van der Waals surface area contributed by atoms with Gasteiger partial charge in [0.15, 0.2) is 11.5 Å². The maximum absolute atomic E-state index is 14.5. The molecule has 0 saturated heterocycles. The van der Waals surface area contributed by atoms with Crippen LogP contribution < -0.4 is 0 Å². The standard InChI is InChI=1S/C23H27FN2OS/c24-22-20(21(27)16-5-6-16)25-23(26-22)19(13-14-3-1-2-4-14)15-7-9-17(10-8-15)28-18-11-12-18/h7-10,14,16,18-19H,1-6,11-13H2,(H,25,26). The minimum Gasteiger partial charge on any atom is -0.318 e. The number of ketones is 1. The van der Waals surface area contributed by atoms with Gasteiger partial charge in [0.1, 0.15) is 5.82 Å². The number of halogens is 1. The molecule has 2 aromatic rings. The van der Waals surface area contributed by atoms with Crippen LogP contribution in [0.2, 0.25) is 0 Å². The van der Waals surface area contributed by atoms with Crippen LogP contribution in [0.1, 0.15) is 85.6 Å². The Bertz CT molecular complexity index is 848. The molecule has 3 aliphatic rings. The molecular weight excluding hydrogens is 371 g/mol. The molecular formula is C23H27FN2OS. The molecule has 0 radical (unpaired) electrons. The SMILES string of the molecule is O=C(c1nc(C(CC2CCCC2)c2ccc(SC3CC3)cc2)[nH]c1F)C1CC1. The number of aromatic nitrogens is 2. The molecule has 1 unspecified atom stereocenters. The van der Waals surface area contributed by atoms with Crippen LogP contribution in [0.3, 0.4) is 0 Å². The second-order valence-electron chi connectivity index (χ2n) is 8.75. The molecule has 3 aliphatic carbocycles. The summed E-state index contributed by atoms with van der Waals surface area (Å²) in [7, 11) is 0. The molecule has 0 spiro atoms. The maximum atomic E-state index is 14.5. The highest BCUT2D eigenvalue weighted by atomic mass is 32.2. The quantitative estimate of drug-likeness (QED) is 0.546. The third-order valence-electron chi connectivity index (χ3n) is 6.34. The Morgan fingerprint density at radius 3 is 2.46 bits per heavy atom. The molecule has 1 aromatic heterocycles. The van der Waals surface area contributed by atoms with E-state index in [2.05, 4.69) is 34.2 Å². The Hall–Kier alpha value is -1.62. The molecule has 148 valence electrons.